The summed E-state index contributed by atoms with van der Waals surface area (Å²) in [5, 5.41) is 13.7. The first-order valence-electron chi connectivity index (χ1n) is 8.67. The van der Waals surface area contributed by atoms with Crippen LogP contribution in [0.4, 0.5) is 0 Å². The number of hydrogen-bond acceptors (Lipinski definition) is 5. The van der Waals surface area contributed by atoms with Crippen molar-refractivity contribution in [2.45, 2.75) is 13.5 Å². The number of thiazole rings is 1. The first-order valence-corrected chi connectivity index (χ1v) is 9.49. The molecule has 4 aromatic rings. The summed E-state index contributed by atoms with van der Waals surface area (Å²) in [5.41, 5.74) is 1.94. The van der Waals surface area contributed by atoms with Crippen LogP contribution in [0.2, 0.25) is 0 Å². The summed E-state index contributed by atoms with van der Waals surface area (Å²) in [5.74, 6) is -0.106. The Balaban J connectivity index is 1.68. The Labute approximate surface area is 164 Å². The molecule has 4 rings (SSSR count). The Morgan fingerprint density at radius 2 is 1.93 bits per heavy atom. The van der Waals surface area contributed by atoms with Crippen molar-refractivity contribution < 1.29 is 9.90 Å². The van der Waals surface area contributed by atoms with Gasteiger partial charge < -0.3 is 10.4 Å². The lowest BCUT2D eigenvalue weighted by molar-refractivity contribution is 0.0954. The number of aromatic nitrogens is 2. The smallest absolute Gasteiger partial charge is 0.263 e. The van der Waals surface area contributed by atoms with Crippen LogP contribution >= 0.6 is 11.3 Å². The molecule has 0 fully saturated rings. The summed E-state index contributed by atoms with van der Waals surface area (Å²) < 4.78 is 1.46. The SMILES string of the molecule is Cc1nc(-n2c(=O)ccc3cc(O)ccc32)sc1C(=O)NCc1ccccc1. The van der Waals surface area contributed by atoms with Crippen molar-refractivity contribution in [3.8, 4) is 10.9 Å². The van der Waals surface area contributed by atoms with Gasteiger partial charge in [0.05, 0.1) is 11.2 Å². The molecule has 140 valence electrons. The lowest BCUT2D eigenvalue weighted by Crippen LogP contribution is -2.22. The number of carbonyl (C=O) groups is 1. The van der Waals surface area contributed by atoms with E-state index in [4.69, 9.17) is 0 Å². The first-order chi connectivity index (χ1) is 13.5. The number of nitrogens with zero attached hydrogens (tertiary/aromatic N) is 2. The summed E-state index contributed by atoms with van der Waals surface area (Å²) in [6.07, 6.45) is 0. The van der Waals surface area contributed by atoms with Gasteiger partial charge in [0.1, 0.15) is 10.6 Å². The number of rotatable bonds is 4. The minimum absolute atomic E-state index is 0.119. The van der Waals surface area contributed by atoms with E-state index < -0.39 is 0 Å². The molecule has 7 heteroatoms. The zero-order chi connectivity index (χ0) is 19.7. The molecule has 0 saturated carbocycles. The Morgan fingerprint density at radius 1 is 1.14 bits per heavy atom. The van der Waals surface area contributed by atoms with Crippen LogP contribution in [0.5, 0.6) is 5.75 Å². The van der Waals surface area contributed by atoms with Crippen LogP contribution in [0.25, 0.3) is 16.0 Å². The number of nitrogens with one attached hydrogen (secondary N) is 1. The van der Waals surface area contributed by atoms with Crippen molar-refractivity contribution in [2.75, 3.05) is 0 Å². The van der Waals surface area contributed by atoms with Crippen LogP contribution < -0.4 is 10.9 Å². The molecule has 0 unspecified atom stereocenters. The quantitative estimate of drug-likeness (QED) is 0.558. The number of amides is 1. The molecule has 1 amide bonds. The van der Waals surface area contributed by atoms with Crippen molar-refractivity contribution in [1.82, 2.24) is 14.9 Å². The van der Waals surface area contributed by atoms with Crippen LogP contribution in [0.1, 0.15) is 20.9 Å². The fourth-order valence-electron chi connectivity index (χ4n) is 2.98. The number of aryl methyl sites for hydroxylation is 1. The predicted octanol–water partition coefficient (Wildman–Crippen LogP) is 3.39. The summed E-state index contributed by atoms with van der Waals surface area (Å²) in [4.78, 5) is 30.0. The maximum absolute atomic E-state index is 12.6. The summed E-state index contributed by atoms with van der Waals surface area (Å²) in [6.45, 7) is 2.17. The Hall–Kier alpha value is -3.45. The largest absolute Gasteiger partial charge is 0.508 e. The number of phenolic OH excluding ortho intramolecular Hbond substituents is 1. The van der Waals surface area contributed by atoms with Gasteiger partial charge in [0.2, 0.25) is 0 Å². The average molecular weight is 391 g/mol. The molecule has 0 spiro atoms. The lowest BCUT2D eigenvalue weighted by Gasteiger charge is -2.07. The average Bonchev–Trinajstić information content (AvgIpc) is 3.08. The minimum atomic E-state index is -0.247. The lowest BCUT2D eigenvalue weighted by atomic mass is 10.2. The number of hydrogen-bond donors (Lipinski definition) is 2. The van der Waals surface area contributed by atoms with Gasteiger partial charge in [-0.25, -0.2) is 4.98 Å². The highest BCUT2D eigenvalue weighted by molar-refractivity contribution is 7.16. The van der Waals surface area contributed by atoms with Crippen molar-refractivity contribution in [3.05, 3.63) is 87.2 Å². The second-order valence-corrected chi connectivity index (χ2v) is 7.31. The van der Waals surface area contributed by atoms with Crippen molar-refractivity contribution in [1.29, 1.82) is 0 Å². The molecule has 0 saturated heterocycles. The topological polar surface area (TPSA) is 84.2 Å². The van der Waals surface area contributed by atoms with Crippen LogP contribution in [0, 0.1) is 6.92 Å². The van der Waals surface area contributed by atoms with Gasteiger partial charge in [-0.3, -0.25) is 14.2 Å². The second-order valence-electron chi connectivity index (χ2n) is 6.33. The van der Waals surface area contributed by atoms with Gasteiger partial charge in [0.15, 0.2) is 5.13 Å². The number of fused-ring (bicyclic) bond motifs is 1. The molecule has 0 aliphatic carbocycles. The molecule has 2 aromatic heterocycles. The third kappa shape index (κ3) is 3.39. The second kappa shape index (κ2) is 7.28. The number of benzene rings is 2. The number of aromatic hydroxyl groups is 1. The monoisotopic (exact) mass is 391 g/mol. The maximum atomic E-state index is 12.6. The van der Waals surface area contributed by atoms with Gasteiger partial charge in [-0.2, -0.15) is 0 Å². The first kappa shape index (κ1) is 17.9. The predicted molar refractivity (Wildman–Crippen MR) is 109 cm³/mol. The molecule has 28 heavy (non-hydrogen) atoms. The molecule has 0 aliphatic heterocycles. The third-order valence-electron chi connectivity index (χ3n) is 4.36. The zero-order valence-corrected chi connectivity index (χ0v) is 15.9. The van der Waals surface area contributed by atoms with E-state index in [1.54, 1.807) is 25.1 Å². The van der Waals surface area contributed by atoms with Crippen LogP contribution in [0.15, 0.2) is 65.5 Å². The molecule has 0 aliphatic rings. The van der Waals surface area contributed by atoms with E-state index in [9.17, 15) is 14.7 Å². The molecule has 2 heterocycles. The van der Waals surface area contributed by atoms with Gasteiger partial charge in [-0.1, -0.05) is 41.7 Å². The van der Waals surface area contributed by atoms with Crippen molar-refractivity contribution in [3.63, 3.8) is 0 Å². The number of carbonyl (C=O) groups excluding carboxylic acids is 1. The van der Waals surface area contributed by atoms with E-state index in [2.05, 4.69) is 10.3 Å². The zero-order valence-electron chi connectivity index (χ0n) is 15.0. The molecule has 2 aromatic carbocycles. The molecule has 0 radical (unpaired) electrons. The highest BCUT2D eigenvalue weighted by atomic mass is 32.1. The molecule has 0 bridgehead atoms. The van der Waals surface area contributed by atoms with E-state index in [0.29, 0.717) is 33.2 Å². The van der Waals surface area contributed by atoms with Crippen molar-refractivity contribution >= 4 is 28.1 Å². The van der Waals surface area contributed by atoms with E-state index >= 15 is 0 Å². The van der Waals surface area contributed by atoms with Crippen LogP contribution in [-0.4, -0.2) is 20.6 Å². The third-order valence-corrected chi connectivity index (χ3v) is 5.50. The van der Waals surface area contributed by atoms with Gasteiger partial charge in [-0.05, 0) is 36.8 Å². The number of phenols is 1. The van der Waals surface area contributed by atoms with E-state index in [0.717, 1.165) is 5.56 Å². The maximum Gasteiger partial charge on any atom is 0.263 e. The molecular weight excluding hydrogens is 374 g/mol. The molecule has 0 atom stereocenters. The highest BCUT2D eigenvalue weighted by Crippen LogP contribution is 2.25. The standard InChI is InChI=1S/C21H17N3O3S/c1-13-19(20(27)22-12-14-5-3-2-4-6-14)28-21(23-13)24-17-9-8-16(25)11-15(17)7-10-18(24)26/h2-11,25H,12H2,1H3,(H,22,27). The van der Waals surface area contributed by atoms with Crippen LogP contribution in [0.3, 0.4) is 0 Å². The number of pyridine rings is 1. The fourth-order valence-corrected chi connectivity index (χ4v) is 3.98. The summed E-state index contributed by atoms with van der Waals surface area (Å²) in [6, 6.07) is 17.5. The molecule has 6 nitrogen and oxygen atoms in total. The Kier molecular flexibility index (Phi) is 4.67. The van der Waals surface area contributed by atoms with Crippen molar-refractivity contribution in [2.24, 2.45) is 0 Å². The van der Waals surface area contributed by atoms with Gasteiger partial charge in [-0.15, -0.1) is 0 Å². The Bertz CT molecular complexity index is 1230. The Morgan fingerprint density at radius 3 is 2.71 bits per heavy atom. The van der Waals surface area contributed by atoms with Crippen LogP contribution in [-0.2, 0) is 6.54 Å². The van der Waals surface area contributed by atoms with Gasteiger partial charge >= 0.3 is 0 Å². The van der Waals surface area contributed by atoms with Gasteiger partial charge in [0.25, 0.3) is 11.5 Å². The summed E-state index contributed by atoms with van der Waals surface area (Å²) in [7, 11) is 0. The van der Waals surface area contributed by atoms with Gasteiger partial charge in [0, 0.05) is 18.0 Å². The highest BCUT2D eigenvalue weighted by Gasteiger charge is 2.18. The fraction of sp³-hybridized carbons (Fsp3) is 0.0952. The normalized spacial score (nSPS) is 10.9. The minimum Gasteiger partial charge on any atom is -0.508 e. The molecule has 2 N–H and O–H groups in total. The van der Waals surface area contributed by atoms with E-state index in [1.807, 2.05) is 30.3 Å². The van der Waals surface area contributed by atoms with E-state index in [-0.39, 0.29) is 17.2 Å². The van der Waals surface area contributed by atoms with E-state index in [1.165, 1.54) is 28.0 Å². The molecular formula is C21H17N3O3S. The summed E-state index contributed by atoms with van der Waals surface area (Å²) >= 11 is 1.17.